The lowest BCUT2D eigenvalue weighted by molar-refractivity contribution is 0.722. The number of hydrogen-bond acceptors (Lipinski definition) is 4. The van der Waals surface area contributed by atoms with Gasteiger partial charge in [-0.15, -0.1) is 11.3 Å². The number of pyridine rings is 1. The molecule has 92 valence electrons. The van der Waals surface area contributed by atoms with Gasteiger partial charge < -0.3 is 5.73 Å². The van der Waals surface area contributed by atoms with Crippen molar-refractivity contribution in [2.45, 2.75) is 19.4 Å². The summed E-state index contributed by atoms with van der Waals surface area (Å²) in [4.78, 5) is 4.45. The largest absolute Gasteiger partial charge is 0.323 e. The fourth-order valence-corrected chi connectivity index (χ4v) is 2.87. The Hall–Kier alpha value is -1.72. The topological polar surface area (TPSA) is 56.2 Å². The molecule has 0 aromatic carbocycles. The molecule has 4 nitrogen and oxygen atoms in total. The highest BCUT2D eigenvalue weighted by molar-refractivity contribution is 7.09. The van der Waals surface area contributed by atoms with Crippen LogP contribution in [0.4, 0.5) is 0 Å². The molecule has 0 bridgehead atoms. The third kappa shape index (κ3) is 2.02. The van der Waals surface area contributed by atoms with Gasteiger partial charge >= 0.3 is 0 Å². The molecule has 0 spiro atoms. The lowest BCUT2D eigenvalue weighted by Gasteiger charge is -2.08. The zero-order chi connectivity index (χ0) is 12.5. The highest BCUT2D eigenvalue weighted by atomic mass is 32.1. The van der Waals surface area contributed by atoms with E-state index in [0.717, 1.165) is 28.2 Å². The van der Waals surface area contributed by atoms with Crippen molar-refractivity contribution in [1.82, 2.24) is 14.6 Å². The number of aromatic nitrogens is 3. The number of aryl methyl sites for hydroxylation is 1. The molecule has 3 heterocycles. The normalized spacial score (nSPS) is 13.0. The van der Waals surface area contributed by atoms with E-state index in [1.165, 1.54) is 0 Å². The van der Waals surface area contributed by atoms with Crippen molar-refractivity contribution in [3.05, 3.63) is 52.2 Å². The van der Waals surface area contributed by atoms with Gasteiger partial charge in [0.05, 0.1) is 16.7 Å². The SMILES string of the molecule is Cc1csc(CC(N)c2cnn3ccccc23)n1. The van der Waals surface area contributed by atoms with E-state index in [9.17, 15) is 0 Å². The number of rotatable bonds is 3. The molecule has 0 aliphatic heterocycles. The van der Waals surface area contributed by atoms with Crippen LogP contribution >= 0.6 is 11.3 Å². The van der Waals surface area contributed by atoms with Gasteiger partial charge in [0.15, 0.2) is 0 Å². The van der Waals surface area contributed by atoms with Crippen LogP contribution in [0, 0.1) is 6.92 Å². The van der Waals surface area contributed by atoms with Gasteiger partial charge in [0.25, 0.3) is 0 Å². The first-order valence-electron chi connectivity index (χ1n) is 5.83. The summed E-state index contributed by atoms with van der Waals surface area (Å²) in [6, 6.07) is 5.94. The van der Waals surface area contributed by atoms with E-state index in [-0.39, 0.29) is 6.04 Å². The van der Waals surface area contributed by atoms with Crippen LogP contribution in [-0.4, -0.2) is 14.6 Å². The lowest BCUT2D eigenvalue weighted by atomic mass is 10.1. The van der Waals surface area contributed by atoms with Gasteiger partial charge in [-0.05, 0) is 19.1 Å². The number of nitrogens with two attached hydrogens (primary N) is 1. The van der Waals surface area contributed by atoms with Crippen molar-refractivity contribution in [1.29, 1.82) is 0 Å². The van der Waals surface area contributed by atoms with Crippen LogP contribution in [-0.2, 0) is 6.42 Å². The predicted molar refractivity (Wildman–Crippen MR) is 72.7 cm³/mol. The van der Waals surface area contributed by atoms with E-state index in [4.69, 9.17) is 5.73 Å². The first kappa shape index (κ1) is 11.4. The smallest absolute Gasteiger partial charge is 0.0947 e. The standard InChI is InChI=1S/C13H14N4S/c1-9-8-18-13(16-9)6-11(14)10-7-15-17-5-3-2-4-12(10)17/h2-5,7-8,11H,6,14H2,1H3. The zero-order valence-corrected chi connectivity index (χ0v) is 10.9. The number of nitrogens with zero attached hydrogens (tertiary/aromatic N) is 3. The van der Waals surface area contributed by atoms with Crippen molar-refractivity contribution in [3.8, 4) is 0 Å². The minimum atomic E-state index is -0.0598. The number of hydrogen-bond donors (Lipinski definition) is 1. The first-order chi connectivity index (χ1) is 8.74. The summed E-state index contributed by atoms with van der Waals surface area (Å²) in [6.45, 7) is 2.00. The zero-order valence-electron chi connectivity index (χ0n) is 10.1. The molecule has 1 atom stereocenters. The summed E-state index contributed by atoms with van der Waals surface area (Å²) in [5.41, 5.74) is 9.46. The maximum absolute atomic E-state index is 6.26. The molecule has 3 rings (SSSR count). The van der Waals surface area contributed by atoms with Gasteiger partial charge in [0.2, 0.25) is 0 Å². The molecule has 0 aliphatic rings. The summed E-state index contributed by atoms with van der Waals surface area (Å²) >= 11 is 1.66. The Balaban J connectivity index is 1.90. The molecule has 0 amide bonds. The van der Waals surface area contributed by atoms with Crippen molar-refractivity contribution < 1.29 is 0 Å². The van der Waals surface area contributed by atoms with Crippen LogP contribution in [0.5, 0.6) is 0 Å². The molecular formula is C13H14N4S. The van der Waals surface area contributed by atoms with Gasteiger partial charge in [-0.25, -0.2) is 9.50 Å². The van der Waals surface area contributed by atoms with Crippen LogP contribution in [0.15, 0.2) is 36.0 Å². The summed E-state index contributed by atoms with van der Waals surface area (Å²) in [5.74, 6) is 0. The average molecular weight is 258 g/mol. The fraction of sp³-hybridized carbons (Fsp3) is 0.231. The van der Waals surface area contributed by atoms with Crippen LogP contribution in [0.2, 0.25) is 0 Å². The second kappa shape index (κ2) is 4.51. The third-order valence-electron chi connectivity index (χ3n) is 2.92. The van der Waals surface area contributed by atoms with E-state index in [2.05, 4.69) is 15.5 Å². The Morgan fingerprint density at radius 2 is 2.33 bits per heavy atom. The highest BCUT2D eigenvalue weighted by Crippen LogP contribution is 2.22. The predicted octanol–water partition coefficient (Wildman–Crippen LogP) is 2.34. The maximum Gasteiger partial charge on any atom is 0.0947 e. The van der Waals surface area contributed by atoms with E-state index in [1.54, 1.807) is 11.3 Å². The summed E-state index contributed by atoms with van der Waals surface area (Å²) in [7, 11) is 0. The van der Waals surface area contributed by atoms with Gasteiger partial charge in [0.1, 0.15) is 0 Å². The van der Waals surface area contributed by atoms with Crippen molar-refractivity contribution >= 4 is 16.9 Å². The van der Waals surface area contributed by atoms with Gasteiger partial charge in [-0.1, -0.05) is 6.07 Å². The van der Waals surface area contributed by atoms with Gasteiger partial charge in [-0.3, -0.25) is 0 Å². The molecule has 3 aromatic heterocycles. The Morgan fingerprint density at radius 1 is 1.44 bits per heavy atom. The first-order valence-corrected chi connectivity index (χ1v) is 6.71. The van der Waals surface area contributed by atoms with E-state index in [1.807, 2.05) is 42.0 Å². The Morgan fingerprint density at radius 3 is 3.11 bits per heavy atom. The molecule has 2 N–H and O–H groups in total. The monoisotopic (exact) mass is 258 g/mol. The lowest BCUT2D eigenvalue weighted by Crippen LogP contribution is -2.13. The van der Waals surface area contributed by atoms with Gasteiger partial charge in [-0.2, -0.15) is 5.10 Å². The van der Waals surface area contributed by atoms with Crippen molar-refractivity contribution in [2.75, 3.05) is 0 Å². The molecule has 0 radical (unpaired) electrons. The van der Waals surface area contributed by atoms with Crippen molar-refractivity contribution in [3.63, 3.8) is 0 Å². The van der Waals surface area contributed by atoms with E-state index >= 15 is 0 Å². The van der Waals surface area contributed by atoms with E-state index in [0.29, 0.717) is 0 Å². The molecular weight excluding hydrogens is 244 g/mol. The quantitative estimate of drug-likeness (QED) is 0.784. The fourth-order valence-electron chi connectivity index (χ4n) is 2.03. The molecule has 0 saturated heterocycles. The minimum Gasteiger partial charge on any atom is -0.323 e. The Labute approximate surface area is 109 Å². The highest BCUT2D eigenvalue weighted by Gasteiger charge is 2.14. The number of thiazole rings is 1. The van der Waals surface area contributed by atoms with Crippen LogP contribution in [0.3, 0.4) is 0 Å². The van der Waals surface area contributed by atoms with Crippen LogP contribution < -0.4 is 5.73 Å². The summed E-state index contributed by atoms with van der Waals surface area (Å²) < 4.78 is 1.85. The molecule has 0 saturated carbocycles. The summed E-state index contributed by atoms with van der Waals surface area (Å²) in [5, 5.41) is 7.44. The number of fused-ring (bicyclic) bond motifs is 1. The maximum atomic E-state index is 6.26. The Kier molecular flexibility index (Phi) is 2.85. The average Bonchev–Trinajstić information content (AvgIpc) is 2.95. The molecule has 0 fully saturated rings. The molecule has 1 unspecified atom stereocenters. The van der Waals surface area contributed by atoms with Gasteiger partial charge in [0, 0.05) is 35.3 Å². The summed E-state index contributed by atoms with van der Waals surface area (Å²) in [6.07, 6.45) is 4.54. The second-order valence-electron chi connectivity index (χ2n) is 4.32. The molecule has 18 heavy (non-hydrogen) atoms. The molecule has 0 aliphatic carbocycles. The molecule has 3 aromatic rings. The van der Waals surface area contributed by atoms with Crippen LogP contribution in [0.25, 0.3) is 5.52 Å². The Bertz CT molecular complexity index is 670. The van der Waals surface area contributed by atoms with E-state index < -0.39 is 0 Å². The minimum absolute atomic E-state index is 0.0598. The van der Waals surface area contributed by atoms with Crippen molar-refractivity contribution in [2.24, 2.45) is 5.73 Å². The third-order valence-corrected chi connectivity index (χ3v) is 3.91. The molecule has 5 heteroatoms. The second-order valence-corrected chi connectivity index (χ2v) is 5.27. The van der Waals surface area contributed by atoms with Crippen LogP contribution in [0.1, 0.15) is 22.3 Å².